The summed E-state index contributed by atoms with van der Waals surface area (Å²) in [5.74, 6) is 1.70. The minimum atomic E-state index is -4.28. The first-order valence-corrected chi connectivity index (χ1v) is 10.1. The van der Waals surface area contributed by atoms with Gasteiger partial charge in [-0.3, -0.25) is 4.79 Å². The summed E-state index contributed by atoms with van der Waals surface area (Å²) in [5, 5.41) is 0. The van der Waals surface area contributed by atoms with E-state index in [1.165, 1.54) is 12.1 Å². The lowest BCUT2D eigenvalue weighted by Gasteiger charge is -2.28. The number of Topliss-reactive ketones (excluding diaryl/α,β-unsaturated/α-hetero) is 1. The first kappa shape index (κ1) is 18.8. The highest BCUT2D eigenvalue weighted by Crippen LogP contribution is 2.37. The molecule has 2 heterocycles. The van der Waals surface area contributed by atoms with Crippen molar-refractivity contribution in [3.63, 3.8) is 0 Å². The van der Waals surface area contributed by atoms with Crippen LogP contribution in [0.5, 0.6) is 0 Å². The molecule has 6 heteroatoms. The van der Waals surface area contributed by atoms with Crippen molar-refractivity contribution in [3.8, 4) is 0 Å². The molecule has 0 bridgehead atoms. The Kier molecular flexibility index (Phi) is 5.19. The number of anilines is 1. The van der Waals surface area contributed by atoms with Gasteiger partial charge in [0, 0.05) is 44.2 Å². The monoisotopic (exact) mass is 380 g/mol. The van der Waals surface area contributed by atoms with Gasteiger partial charge in [-0.1, -0.05) is 0 Å². The van der Waals surface area contributed by atoms with Crippen LogP contribution < -0.4 is 4.90 Å². The summed E-state index contributed by atoms with van der Waals surface area (Å²) in [6.45, 7) is 4.09. The molecule has 1 aliphatic carbocycles. The molecule has 3 nitrogen and oxygen atoms in total. The van der Waals surface area contributed by atoms with E-state index in [1.807, 2.05) is 0 Å². The van der Waals surface area contributed by atoms with Crippen LogP contribution in [0, 0.1) is 11.8 Å². The van der Waals surface area contributed by atoms with Crippen LogP contribution in [0.1, 0.15) is 44.1 Å². The Balaban J connectivity index is 1.32. The number of rotatable bonds is 4. The van der Waals surface area contributed by atoms with Gasteiger partial charge in [-0.2, -0.15) is 13.2 Å². The summed E-state index contributed by atoms with van der Waals surface area (Å²) in [6.07, 6.45) is 1.57. The fraction of sp³-hybridized carbons (Fsp3) is 0.667. The number of hydrogen-bond donors (Lipinski definition) is 0. The number of benzene rings is 1. The van der Waals surface area contributed by atoms with E-state index in [0.29, 0.717) is 23.7 Å². The minimum absolute atomic E-state index is 0.411. The van der Waals surface area contributed by atoms with Crippen molar-refractivity contribution in [1.82, 2.24) is 4.90 Å². The number of alkyl halides is 3. The second-order valence-electron chi connectivity index (χ2n) is 8.38. The lowest BCUT2D eigenvalue weighted by atomic mass is 9.86. The van der Waals surface area contributed by atoms with E-state index in [9.17, 15) is 18.0 Å². The van der Waals surface area contributed by atoms with E-state index in [1.54, 1.807) is 12.1 Å². The first-order chi connectivity index (χ1) is 12.9. The molecule has 1 aromatic carbocycles. The smallest absolute Gasteiger partial charge is 0.367 e. The molecule has 148 valence electrons. The Hall–Kier alpha value is -1.56. The van der Waals surface area contributed by atoms with E-state index >= 15 is 0 Å². The Bertz CT molecular complexity index is 663. The topological polar surface area (TPSA) is 23.6 Å². The molecular weight excluding hydrogens is 353 g/mol. The highest BCUT2D eigenvalue weighted by atomic mass is 19.4. The van der Waals surface area contributed by atoms with Crippen molar-refractivity contribution in [1.29, 1.82) is 0 Å². The number of ketones is 1. The number of carbonyl (C=O) groups is 1. The van der Waals surface area contributed by atoms with Crippen LogP contribution in [0.15, 0.2) is 24.3 Å². The number of carbonyl (C=O) groups excluding carboxylic acids is 1. The van der Waals surface area contributed by atoms with Gasteiger partial charge < -0.3 is 9.80 Å². The normalized spacial score (nSPS) is 27.4. The van der Waals surface area contributed by atoms with Crippen molar-refractivity contribution >= 4 is 11.5 Å². The molecule has 0 aromatic heterocycles. The molecule has 1 aromatic rings. The van der Waals surface area contributed by atoms with Crippen molar-refractivity contribution < 1.29 is 18.0 Å². The van der Waals surface area contributed by atoms with Gasteiger partial charge in [0.15, 0.2) is 0 Å². The number of nitrogens with zero attached hydrogens (tertiary/aromatic N) is 2. The molecule has 4 rings (SSSR count). The SMILES string of the molecule is O=C1CCC(CCN2CC3CCN(c4ccc(C(F)(F)F)cc4)C3C2)CC1. The lowest BCUT2D eigenvalue weighted by Crippen LogP contribution is -2.35. The highest BCUT2D eigenvalue weighted by Gasteiger charge is 2.41. The number of hydrogen-bond acceptors (Lipinski definition) is 3. The Labute approximate surface area is 158 Å². The quantitative estimate of drug-likeness (QED) is 0.775. The second-order valence-corrected chi connectivity index (χ2v) is 8.38. The molecule has 2 saturated heterocycles. The summed E-state index contributed by atoms with van der Waals surface area (Å²) >= 11 is 0. The van der Waals surface area contributed by atoms with Gasteiger partial charge in [-0.15, -0.1) is 0 Å². The summed E-state index contributed by atoms with van der Waals surface area (Å²) in [6, 6.07) is 6.04. The molecule has 0 N–H and O–H groups in total. The Morgan fingerprint density at radius 3 is 2.37 bits per heavy atom. The molecule has 0 radical (unpaired) electrons. The van der Waals surface area contributed by atoms with Gasteiger partial charge in [0.25, 0.3) is 0 Å². The molecule has 27 heavy (non-hydrogen) atoms. The minimum Gasteiger partial charge on any atom is -0.367 e. The van der Waals surface area contributed by atoms with Crippen LogP contribution in [0.2, 0.25) is 0 Å². The highest BCUT2D eigenvalue weighted by molar-refractivity contribution is 5.79. The molecule has 0 spiro atoms. The third kappa shape index (κ3) is 4.15. The zero-order valence-corrected chi connectivity index (χ0v) is 15.5. The first-order valence-electron chi connectivity index (χ1n) is 10.1. The molecule has 2 aliphatic heterocycles. The van der Waals surface area contributed by atoms with Crippen LogP contribution >= 0.6 is 0 Å². The van der Waals surface area contributed by atoms with E-state index in [2.05, 4.69) is 9.80 Å². The van der Waals surface area contributed by atoms with Crippen LogP contribution in [-0.2, 0) is 11.0 Å². The molecule has 3 aliphatic rings. The van der Waals surface area contributed by atoms with E-state index < -0.39 is 11.7 Å². The summed E-state index contributed by atoms with van der Waals surface area (Å²) < 4.78 is 38.4. The average Bonchev–Trinajstić information content (AvgIpc) is 3.21. The standard InChI is InChI=1S/C21H27F3N2O/c22-21(23,24)17-3-5-18(6-4-17)26-12-10-16-13-25(14-20(16)26)11-9-15-1-7-19(27)8-2-15/h3-6,15-16,20H,1-2,7-14H2. The molecule has 2 unspecified atom stereocenters. The largest absolute Gasteiger partial charge is 0.416 e. The van der Waals surface area contributed by atoms with Gasteiger partial charge in [-0.05, 0) is 68.3 Å². The summed E-state index contributed by atoms with van der Waals surface area (Å²) in [7, 11) is 0. The second kappa shape index (κ2) is 7.46. The van der Waals surface area contributed by atoms with Gasteiger partial charge in [0.05, 0.1) is 5.56 Å². The van der Waals surface area contributed by atoms with Crippen molar-refractivity contribution in [3.05, 3.63) is 29.8 Å². The number of halogens is 3. The van der Waals surface area contributed by atoms with E-state index in [4.69, 9.17) is 0 Å². The Morgan fingerprint density at radius 1 is 1.00 bits per heavy atom. The maximum absolute atomic E-state index is 12.8. The maximum Gasteiger partial charge on any atom is 0.416 e. The average molecular weight is 380 g/mol. The zero-order chi connectivity index (χ0) is 19.0. The van der Waals surface area contributed by atoms with Crippen molar-refractivity contribution in [2.45, 2.75) is 50.7 Å². The van der Waals surface area contributed by atoms with E-state index in [0.717, 1.165) is 70.4 Å². The third-order valence-corrected chi connectivity index (χ3v) is 6.67. The van der Waals surface area contributed by atoms with Crippen LogP contribution in [0.4, 0.5) is 18.9 Å². The molecule has 1 saturated carbocycles. The van der Waals surface area contributed by atoms with Crippen molar-refractivity contribution in [2.75, 3.05) is 31.1 Å². The summed E-state index contributed by atoms with van der Waals surface area (Å²) in [5.41, 5.74) is 0.323. The lowest BCUT2D eigenvalue weighted by molar-refractivity contribution is -0.137. The molecule has 2 atom stereocenters. The molecule has 3 fully saturated rings. The number of likely N-dealkylation sites (tertiary alicyclic amines) is 1. The zero-order valence-electron chi connectivity index (χ0n) is 15.5. The molecule has 0 amide bonds. The van der Waals surface area contributed by atoms with Gasteiger partial charge in [0.2, 0.25) is 0 Å². The van der Waals surface area contributed by atoms with Crippen molar-refractivity contribution in [2.24, 2.45) is 11.8 Å². The van der Waals surface area contributed by atoms with Crippen LogP contribution in [0.3, 0.4) is 0 Å². The summed E-state index contributed by atoms with van der Waals surface area (Å²) in [4.78, 5) is 16.2. The molecular formula is C21H27F3N2O. The fourth-order valence-corrected chi connectivity index (χ4v) is 5.05. The van der Waals surface area contributed by atoms with Gasteiger partial charge in [0.1, 0.15) is 5.78 Å². The van der Waals surface area contributed by atoms with Crippen LogP contribution in [0.25, 0.3) is 0 Å². The fourth-order valence-electron chi connectivity index (χ4n) is 5.05. The predicted octanol–water partition coefficient (Wildman–Crippen LogP) is 4.37. The maximum atomic E-state index is 12.8. The third-order valence-electron chi connectivity index (χ3n) is 6.67. The number of fused-ring (bicyclic) bond motifs is 1. The predicted molar refractivity (Wildman–Crippen MR) is 98.7 cm³/mol. The van der Waals surface area contributed by atoms with E-state index in [-0.39, 0.29) is 0 Å². The van der Waals surface area contributed by atoms with Gasteiger partial charge in [-0.25, -0.2) is 0 Å². The Morgan fingerprint density at radius 2 is 1.70 bits per heavy atom. The van der Waals surface area contributed by atoms with Gasteiger partial charge >= 0.3 is 6.18 Å². The van der Waals surface area contributed by atoms with Crippen LogP contribution in [-0.4, -0.2) is 42.9 Å².